The molecule has 0 bridgehead atoms. The molecule has 18 heterocycles. The Balaban J connectivity index is 0.000000107. The Labute approximate surface area is 839 Å². The second-order valence-electron chi connectivity index (χ2n) is 45.9. The molecule has 7 aliphatic carbocycles. The van der Waals surface area contributed by atoms with Gasteiger partial charge in [0.25, 0.3) is 0 Å². The van der Waals surface area contributed by atoms with Gasteiger partial charge in [-0.1, -0.05) is 24.3 Å². The number of fused-ring (bicyclic) bond motifs is 12. The number of hydrogen-bond donors (Lipinski definition) is 12. The van der Waals surface area contributed by atoms with Crippen LogP contribution in [0.1, 0.15) is 187 Å². The number of alkyl halides is 9. The van der Waals surface area contributed by atoms with Crippen molar-refractivity contribution >= 4 is 68.5 Å². The van der Waals surface area contributed by atoms with Crippen LogP contribution in [0.3, 0.4) is 0 Å². The van der Waals surface area contributed by atoms with Crippen LogP contribution in [0, 0.1) is 141 Å². The normalized spacial score (nSPS) is 26.4. The number of aryl methyl sites for hydroxylation is 5. The zero-order valence-electron chi connectivity index (χ0n) is 85.2. The highest BCUT2D eigenvalue weighted by Crippen LogP contribution is 2.55. The first-order valence-electron chi connectivity index (χ1n) is 51.0. The van der Waals surface area contributed by atoms with E-state index in [1.54, 1.807) is 57.3 Å². The molecule has 12 aromatic heterocycles. The second kappa shape index (κ2) is 36.8. The number of carbonyl (C=O) groups excluding carboxylic acids is 6. The monoisotopic (exact) mass is 2020 g/mol. The highest BCUT2D eigenvalue weighted by Gasteiger charge is 2.63. The van der Waals surface area contributed by atoms with Crippen molar-refractivity contribution < 1.29 is 68.3 Å². The Morgan fingerprint density at radius 1 is 0.308 bits per heavy atom. The molecule has 12 N–H and O–H groups in total. The molecule has 25 rings (SSSR count). The third kappa shape index (κ3) is 19.1. The number of pyridine rings is 6. The van der Waals surface area contributed by atoms with E-state index in [-0.39, 0.29) is 87.8 Å². The number of imidazole rings is 6. The van der Waals surface area contributed by atoms with Crippen LogP contribution in [0.2, 0.25) is 0 Å². The van der Waals surface area contributed by atoms with Gasteiger partial charge < -0.3 is 90.2 Å². The lowest BCUT2D eigenvalue weighted by molar-refractivity contribution is -0.140. The van der Waals surface area contributed by atoms with Gasteiger partial charge in [-0.05, 0) is 351 Å². The Morgan fingerprint density at radius 3 is 1.01 bits per heavy atom. The van der Waals surface area contributed by atoms with E-state index in [0.29, 0.717) is 99.7 Å². The van der Waals surface area contributed by atoms with E-state index >= 15 is 0 Å². The molecular weight excluding hydrogens is 1890 g/mol. The fourth-order valence-electron chi connectivity index (χ4n) is 24.8. The van der Waals surface area contributed by atoms with Crippen LogP contribution in [0.4, 0.5) is 39.5 Å². The van der Waals surface area contributed by atoms with Crippen LogP contribution < -0.4 is 63.8 Å². The predicted octanol–water partition coefficient (Wildman–Crippen LogP) is 12.4. The molecular formula is C107H131F9N24O6. The molecule has 18 atom stereocenters. The summed E-state index contributed by atoms with van der Waals surface area (Å²) in [5.41, 5.74) is 3.46. The largest absolute Gasteiger partial charge is 0.435 e. The fourth-order valence-corrected chi connectivity index (χ4v) is 24.8. The molecule has 0 spiro atoms. The summed E-state index contributed by atoms with van der Waals surface area (Å²) >= 11 is 0. The zero-order chi connectivity index (χ0) is 104. The third-order valence-electron chi connectivity index (χ3n) is 32.8. The number of nitrogens with one attached hydrogen (secondary N) is 12. The SMILES string of the molecule is CC(C)(NC(=O)C1[C@H]2CNC[C@@H]12)c1ncc2c(C(F)(F)F)cccn12.CC(C)(NC(=O)C1[C@H]2CNC[C@@H]12)c1ncc2cc(C(F)(F)F)ccn12.Cc1cccn2c(C(C)(C)NC(=O)C3[C@H]4CNC[C@@H]34)nc(C(F)(F)F)c12.Cc1cccn2c(C(C)(C)NC(=O)C3[C@H]4CNC[C@@H]34)nc(C)c12.Cc1cccn2c(C(C)(C)NC(=O)C3[C@H]4CNC[C@@H]34)nc(C3CC3)c12.Cc1nc(C(C)(C)NC(=O)C2[C@H]3CNC[C@@H]23)n2ccccc12. The van der Waals surface area contributed by atoms with E-state index in [1.165, 1.54) is 74.8 Å². The fraction of sp³-hybridized carbons (Fsp3) is 0.551. The molecule has 6 aliphatic heterocycles. The van der Waals surface area contributed by atoms with Gasteiger partial charge >= 0.3 is 18.5 Å². The maximum Gasteiger partial charge on any atom is 0.435 e. The van der Waals surface area contributed by atoms with Crippen LogP contribution >= 0.6 is 0 Å². The molecule has 7 saturated carbocycles. The Morgan fingerprint density at radius 2 is 0.623 bits per heavy atom. The minimum absolute atomic E-state index is 0.00233. The molecule has 13 fully saturated rings. The van der Waals surface area contributed by atoms with Crippen molar-refractivity contribution in [3.63, 3.8) is 0 Å². The maximum absolute atomic E-state index is 13.5. The summed E-state index contributed by atoms with van der Waals surface area (Å²) in [6, 6.07) is 22.2. The summed E-state index contributed by atoms with van der Waals surface area (Å²) in [4.78, 5) is 103. The van der Waals surface area contributed by atoms with E-state index in [2.05, 4.69) is 150 Å². The summed E-state index contributed by atoms with van der Waals surface area (Å²) in [6.45, 7) is 43.7. The van der Waals surface area contributed by atoms with Crippen LogP contribution in [0.5, 0.6) is 0 Å². The Bertz CT molecular complexity index is 7070. The first-order valence-corrected chi connectivity index (χ1v) is 51.0. The molecule has 39 heteroatoms. The van der Waals surface area contributed by atoms with Gasteiger partial charge in [0, 0.05) is 78.6 Å². The number of aromatic nitrogens is 12. The summed E-state index contributed by atoms with van der Waals surface area (Å²) in [7, 11) is 0. The number of rotatable bonds is 19. The van der Waals surface area contributed by atoms with E-state index in [9.17, 15) is 68.3 Å². The van der Waals surface area contributed by atoms with Gasteiger partial charge in [0.05, 0.1) is 107 Å². The summed E-state index contributed by atoms with van der Waals surface area (Å²) in [6.07, 6.45) is 2.22. The highest BCUT2D eigenvalue weighted by molar-refractivity contribution is 5.87. The Kier molecular flexibility index (Phi) is 25.6. The third-order valence-corrected chi connectivity index (χ3v) is 32.8. The molecule has 6 unspecified atom stereocenters. The van der Waals surface area contributed by atoms with Gasteiger partial charge in [0.2, 0.25) is 35.4 Å². The molecule has 30 nitrogen and oxygen atoms in total. The quantitative estimate of drug-likeness (QED) is 0.0335. The average Bonchev–Trinajstić information content (AvgIpc) is 1.58. The molecule has 0 aromatic carbocycles. The van der Waals surface area contributed by atoms with Crippen LogP contribution in [-0.2, 0) is 80.5 Å². The second-order valence-corrected chi connectivity index (χ2v) is 45.9. The number of nitrogens with zero attached hydrogens (tertiary/aromatic N) is 12. The minimum atomic E-state index is -4.56. The smallest absolute Gasteiger partial charge is 0.344 e. The van der Waals surface area contributed by atoms with Gasteiger partial charge in [-0.25, -0.2) is 29.9 Å². The molecule has 6 amide bonds. The number of halogens is 9. The minimum Gasteiger partial charge on any atom is -0.344 e. The summed E-state index contributed by atoms with van der Waals surface area (Å²) < 4.78 is 129. The van der Waals surface area contributed by atoms with Crippen molar-refractivity contribution in [2.24, 2.45) is 107 Å². The van der Waals surface area contributed by atoms with Crippen molar-refractivity contribution in [1.82, 2.24) is 120 Å². The summed E-state index contributed by atoms with van der Waals surface area (Å²) in [5.74, 6) is 10.8. The number of carbonyl (C=O) groups is 6. The van der Waals surface area contributed by atoms with E-state index in [1.807, 2.05) is 86.0 Å². The van der Waals surface area contributed by atoms with Crippen molar-refractivity contribution in [2.45, 2.75) is 188 Å². The van der Waals surface area contributed by atoms with E-state index in [4.69, 9.17) is 15.0 Å². The van der Waals surface area contributed by atoms with Gasteiger partial charge in [0.1, 0.15) is 34.9 Å². The molecule has 12 aromatic rings. The number of hydrogen-bond acceptors (Lipinski definition) is 18. The van der Waals surface area contributed by atoms with Crippen LogP contribution in [0.15, 0.2) is 128 Å². The van der Waals surface area contributed by atoms with Gasteiger partial charge in [-0.3, -0.25) is 28.8 Å². The topological polar surface area (TPSA) is 351 Å². The molecule has 13 aliphatic rings. The molecule has 6 saturated heterocycles. The first-order chi connectivity index (χ1) is 68.8. The van der Waals surface area contributed by atoms with Crippen molar-refractivity contribution in [2.75, 3.05) is 78.5 Å². The van der Waals surface area contributed by atoms with Gasteiger partial charge in [0.15, 0.2) is 5.69 Å². The van der Waals surface area contributed by atoms with Gasteiger partial charge in [-0.15, -0.1) is 0 Å². The number of amides is 6. The first kappa shape index (κ1) is 101. The van der Waals surface area contributed by atoms with Gasteiger partial charge in [-0.2, -0.15) is 39.5 Å². The average molecular weight is 2020 g/mol. The standard InChI is InChI=1S/C20H26N4O.C18H21F3N4O.C18H24N4O.2C17H19F3N4O.C17H22N4O/c1-11-5-4-8-24-17(11)16(12-6-7-12)22-19(24)20(2,3)23-18(25)15-13-9-21-10-14(13)15;1-9-5-4-6-25-13(9)14(18(19,20)21)23-16(25)17(2,3)24-15(26)12-10-7-22-8-11(10)12;1-10-6-5-7-22-15(10)11(2)20-17(22)18(3,4)21-16(23)14-12-8-19-9-13(12)14;1-16(2,23-14(25)13-11-7-21-8-12(11)13)15-22-6-10-5-9(17(18,19)20)3-4-24(10)15;1-16(2,23-14(25)13-9-6-21-7-10(9)13)15-22-8-12-11(17(18,19)20)4-3-5-24(12)15;1-10-13-6-4-5-7-21(13)16(19-10)17(2,3)20-15(22)14-11-8-18-9-12(11)14/h4-5,8,12-15,21H,6-7,9-10H2,1-3H3,(H,23,25);4-6,10-12,22H,7-8H2,1-3H3,(H,24,26);5-7,12-14,19H,8-9H2,1-4H3,(H,21,23);3-6,11-13,21H,7-8H2,1-2H3,(H,23,25);3-5,8-10,13,21H,6-7H2,1-2H3,(H,23,25);4-7,11-12,14,18H,8-9H2,1-3H3,(H,20,22)/t13-,14+,15?;10-,11+,12?;12-,13+,14?;11-,12+,13?;9-,10+,13?;11-,12+,14?. The van der Waals surface area contributed by atoms with Crippen molar-refractivity contribution in [1.29, 1.82) is 0 Å². The van der Waals surface area contributed by atoms with Crippen molar-refractivity contribution in [3.8, 4) is 0 Å². The zero-order valence-corrected chi connectivity index (χ0v) is 85.2. The highest BCUT2D eigenvalue weighted by atomic mass is 19.4. The van der Waals surface area contributed by atoms with Crippen LogP contribution in [0.25, 0.3) is 33.1 Å². The molecule has 778 valence electrons. The lowest BCUT2D eigenvalue weighted by Gasteiger charge is -2.26. The summed E-state index contributed by atoms with van der Waals surface area (Å²) in [5, 5.41) is 38.4. The number of piperidine rings is 6. The van der Waals surface area contributed by atoms with E-state index in [0.717, 1.165) is 137 Å². The van der Waals surface area contributed by atoms with Crippen LogP contribution in [-0.4, -0.2) is 170 Å². The lowest BCUT2D eigenvalue weighted by atomic mass is 10.0. The lowest BCUT2D eigenvalue weighted by Crippen LogP contribution is -2.44. The van der Waals surface area contributed by atoms with Crippen molar-refractivity contribution in [3.05, 3.63) is 214 Å². The predicted molar refractivity (Wildman–Crippen MR) is 529 cm³/mol. The maximum atomic E-state index is 13.5. The van der Waals surface area contributed by atoms with E-state index < -0.39 is 68.6 Å². The Hall–Kier alpha value is -11.9. The molecule has 146 heavy (non-hydrogen) atoms. The molecule has 0 radical (unpaired) electrons.